The molecule has 24 nitrogen and oxygen atoms in total. The number of hydrogen-bond donors (Lipinski definition) is 12. The molecule has 1 aliphatic rings. The van der Waals surface area contributed by atoms with E-state index in [1.54, 1.807) is 18.5 Å². The molecule has 1 aliphatic heterocycles. The van der Waals surface area contributed by atoms with Gasteiger partial charge in [0.15, 0.2) is 0 Å². The number of hydrogen-bond acceptors (Lipinski definition) is 13. The van der Waals surface area contributed by atoms with E-state index in [-0.39, 0.29) is 45.1 Å². The van der Waals surface area contributed by atoms with Gasteiger partial charge in [-0.05, 0) is 43.9 Å². The van der Waals surface area contributed by atoms with Crippen LogP contribution in [0.4, 0.5) is 0 Å². The zero-order chi connectivity index (χ0) is 54.0. The van der Waals surface area contributed by atoms with Gasteiger partial charge in [0.1, 0.15) is 30.2 Å². The van der Waals surface area contributed by atoms with Crippen molar-refractivity contribution in [1.82, 2.24) is 81.7 Å². The summed E-state index contributed by atoms with van der Waals surface area (Å²) in [6, 6.07) is 11.0. The number of imidazole rings is 5. The maximum absolute atomic E-state index is 14.8. The highest BCUT2D eigenvalue weighted by Crippen LogP contribution is 2.36. The van der Waals surface area contributed by atoms with Gasteiger partial charge in [0.05, 0.1) is 37.7 Å². The molecule has 0 aliphatic carbocycles. The number of nitrogens with two attached hydrogens (primary N) is 1. The number of nitrogens with zero attached hydrogens (tertiary/aromatic N) is 6. The zero-order valence-electron chi connectivity index (χ0n) is 42.0. The number of benzene rings is 4. The first kappa shape index (κ1) is 51.6. The second-order valence-corrected chi connectivity index (χ2v) is 19.1. The van der Waals surface area contributed by atoms with E-state index in [0.717, 1.165) is 37.9 Å². The summed E-state index contributed by atoms with van der Waals surface area (Å²) in [7, 11) is 0. The molecule has 0 bridgehead atoms. The molecule has 5 aromatic heterocycles. The van der Waals surface area contributed by atoms with E-state index in [1.165, 1.54) is 56.4 Å². The van der Waals surface area contributed by atoms with Crippen LogP contribution in [0.3, 0.4) is 0 Å². The van der Waals surface area contributed by atoms with Crippen LogP contribution in [0.25, 0.3) is 32.3 Å². The third-order valence-corrected chi connectivity index (χ3v) is 13.6. The van der Waals surface area contributed by atoms with Gasteiger partial charge in [0, 0.05) is 123 Å². The number of aliphatic imine (C=N–C) groups is 1. The van der Waals surface area contributed by atoms with Crippen LogP contribution in [-0.2, 0) is 67.4 Å². The fourth-order valence-corrected chi connectivity index (χ4v) is 9.65. The minimum absolute atomic E-state index is 0.0256. The first-order chi connectivity index (χ1) is 38.0. The van der Waals surface area contributed by atoms with E-state index in [2.05, 4.69) is 117 Å². The van der Waals surface area contributed by atoms with Gasteiger partial charge in [-0.3, -0.25) is 33.8 Å². The Morgan fingerprint density at radius 2 is 0.885 bits per heavy atom. The van der Waals surface area contributed by atoms with Gasteiger partial charge in [-0.1, -0.05) is 54.6 Å². The van der Waals surface area contributed by atoms with Gasteiger partial charge in [-0.15, -0.1) is 0 Å². The van der Waals surface area contributed by atoms with Crippen molar-refractivity contribution in [2.45, 2.75) is 87.7 Å². The molecule has 78 heavy (non-hydrogen) atoms. The largest absolute Gasteiger partial charge is 0.350 e. The monoisotopic (exact) mass is 1050 g/mol. The van der Waals surface area contributed by atoms with Crippen LogP contribution in [0.2, 0.25) is 0 Å². The smallest absolute Gasteiger partial charge is 0.243 e. The van der Waals surface area contributed by atoms with Crippen LogP contribution in [0.15, 0.2) is 134 Å². The molecule has 13 N–H and O–H groups in total. The van der Waals surface area contributed by atoms with E-state index in [9.17, 15) is 28.8 Å². The highest BCUT2D eigenvalue weighted by molar-refractivity contribution is 6.23. The van der Waals surface area contributed by atoms with E-state index in [0.29, 0.717) is 40.6 Å². The van der Waals surface area contributed by atoms with Crippen LogP contribution in [0.1, 0.15) is 46.9 Å². The molecule has 0 fully saturated rings. The second-order valence-electron chi connectivity index (χ2n) is 19.1. The average molecular weight is 1050 g/mol. The van der Waals surface area contributed by atoms with Gasteiger partial charge in [-0.2, -0.15) is 0 Å². The lowest BCUT2D eigenvalue weighted by molar-refractivity contribution is -0.135. The summed E-state index contributed by atoms with van der Waals surface area (Å²) in [5.74, 6) is -4.11. The molecule has 0 saturated carbocycles. The summed E-state index contributed by atoms with van der Waals surface area (Å²) in [5, 5.41) is 23.5. The molecule has 6 atom stereocenters. The van der Waals surface area contributed by atoms with Crippen LogP contribution in [0.5, 0.6) is 0 Å². The van der Waals surface area contributed by atoms with Crippen molar-refractivity contribution in [2.24, 2.45) is 10.7 Å². The van der Waals surface area contributed by atoms with Gasteiger partial charge >= 0.3 is 0 Å². The molecule has 0 spiro atoms. The number of rotatable bonds is 25. The third kappa shape index (κ3) is 12.5. The summed E-state index contributed by atoms with van der Waals surface area (Å²) in [6.07, 6.45) is 18.5. The Hall–Kier alpha value is -9.84. The summed E-state index contributed by atoms with van der Waals surface area (Å²) in [5.41, 5.74) is 10.3. The van der Waals surface area contributed by atoms with Gasteiger partial charge in [0.25, 0.3) is 0 Å². The average Bonchev–Trinajstić information content (AvgIpc) is 4.44. The Kier molecular flexibility index (Phi) is 15.7. The number of aromatic nitrogens is 10. The molecule has 9 aromatic rings. The Morgan fingerprint density at radius 3 is 1.33 bits per heavy atom. The van der Waals surface area contributed by atoms with E-state index >= 15 is 0 Å². The molecule has 24 heteroatoms. The van der Waals surface area contributed by atoms with Gasteiger partial charge < -0.3 is 62.6 Å². The topological polar surface area (TPSA) is 356 Å². The normalized spacial score (nSPS) is 14.6. The molecule has 398 valence electrons. The molecular formula is C54H56N18O6. The number of carbonyl (C=O) groups excluding carboxylic acids is 6. The molecule has 10 rings (SSSR count). The zero-order valence-corrected chi connectivity index (χ0v) is 42.0. The summed E-state index contributed by atoms with van der Waals surface area (Å²) >= 11 is 0. The van der Waals surface area contributed by atoms with E-state index < -0.39 is 71.7 Å². The summed E-state index contributed by atoms with van der Waals surface area (Å²) in [6.45, 7) is 0.147. The lowest BCUT2D eigenvalue weighted by Gasteiger charge is -2.27. The van der Waals surface area contributed by atoms with Crippen LogP contribution >= 0.6 is 0 Å². The Labute approximate surface area is 444 Å². The Bertz CT molecular complexity index is 3560. The van der Waals surface area contributed by atoms with Crippen molar-refractivity contribution in [3.63, 3.8) is 0 Å². The number of carbonyl (C=O) groups is 6. The highest BCUT2D eigenvalue weighted by atomic mass is 16.2. The number of aromatic amines is 5. The minimum Gasteiger partial charge on any atom is -0.350 e. The SMILES string of the molecule is N[C@@H](Cc1cnc[nH]1)C(=O)N[C@@H](Cc1cnc[nH]1)C(=O)N[C@@H](Cc1cnc[nH]1)C(=O)N[C@@H](CC1=CCC=N1)C(=O)N[C@@H](Cc1cnc[nH]1)C(=O)N[C@@H](Cc1cnc[nH]1)C(=O)NCc1cc2cccc3ccc4cccc1c4c32. The van der Waals surface area contributed by atoms with Gasteiger partial charge in [-0.25, -0.2) is 24.9 Å². The predicted octanol–water partition coefficient (Wildman–Crippen LogP) is 1.53. The first-order valence-electron chi connectivity index (χ1n) is 25.3. The lowest BCUT2D eigenvalue weighted by atomic mass is 9.91. The van der Waals surface area contributed by atoms with Crippen LogP contribution in [0, 0.1) is 0 Å². The van der Waals surface area contributed by atoms with Crippen molar-refractivity contribution in [2.75, 3.05) is 0 Å². The standard InChI is InChI=1S/C54H56N18O6/c55-41(13-35-20-56-25-63-35)49(73)68-44(16-37-22-58-27-65-37)52(76)72-46(18-39-24-60-29-67-39)54(78)70-43(14-34-7-3-11-61-34)51(75)71-45(17-38-23-59-28-66-38)53(77)69-42(15-36-21-57-26-64-36)50(74)62-19-33-12-32-6-1-4-30-9-10-31-5-2-8-40(33)48(31)47(30)32/h1-2,4-12,20-29,41-46H,3,13-19,55H2,(H,56,63)(H,57,64)(H,58,65)(H,59,66)(H,60,67)(H,62,74)(H,68,73)(H,69,77)(H,70,78)(H,71,75)(H,72,76)/t41-,42-,43-,44-,45-,46-/m0/s1. The van der Waals surface area contributed by atoms with E-state index in [1.807, 2.05) is 24.3 Å². The van der Waals surface area contributed by atoms with Crippen molar-refractivity contribution in [3.8, 4) is 0 Å². The van der Waals surface area contributed by atoms with Crippen LogP contribution in [-0.4, -0.2) is 128 Å². The maximum atomic E-state index is 14.8. The van der Waals surface area contributed by atoms with Gasteiger partial charge in [0.2, 0.25) is 35.4 Å². The van der Waals surface area contributed by atoms with Crippen molar-refractivity contribution >= 4 is 74.0 Å². The number of amides is 6. The maximum Gasteiger partial charge on any atom is 0.243 e. The van der Waals surface area contributed by atoms with Crippen molar-refractivity contribution in [3.05, 3.63) is 163 Å². The molecule has 0 saturated heterocycles. The molecule has 0 unspecified atom stereocenters. The van der Waals surface area contributed by atoms with E-state index in [4.69, 9.17) is 5.73 Å². The number of H-pyrrole nitrogens is 5. The minimum atomic E-state index is -1.36. The molecule has 4 aromatic carbocycles. The summed E-state index contributed by atoms with van der Waals surface area (Å²) < 4.78 is 0. The van der Waals surface area contributed by atoms with Crippen molar-refractivity contribution < 1.29 is 28.8 Å². The van der Waals surface area contributed by atoms with Crippen molar-refractivity contribution in [1.29, 1.82) is 0 Å². The molecular weight excluding hydrogens is 997 g/mol. The Morgan fingerprint density at radius 1 is 0.474 bits per heavy atom. The van der Waals surface area contributed by atoms with Crippen LogP contribution < -0.4 is 37.6 Å². The number of allylic oxidation sites excluding steroid dienone is 1. The first-order valence-corrected chi connectivity index (χ1v) is 25.3. The Balaban J connectivity index is 0.875. The molecule has 0 radical (unpaired) electrons. The molecule has 6 heterocycles. The quantitative estimate of drug-likeness (QED) is 0.0363. The highest BCUT2D eigenvalue weighted by Gasteiger charge is 2.35. The lowest BCUT2D eigenvalue weighted by Crippen LogP contribution is -2.60. The fraction of sp³-hybridized carbons (Fsp3) is 0.259. The molecule has 6 amide bonds. The second kappa shape index (κ2) is 23.8. The summed E-state index contributed by atoms with van der Waals surface area (Å²) in [4.78, 5) is 126. The number of nitrogens with one attached hydrogen (secondary N) is 11. The third-order valence-electron chi connectivity index (χ3n) is 13.6. The fourth-order valence-electron chi connectivity index (χ4n) is 9.65. The predicted molar refractivity (Wildman–Crippen MR) is 287 cm³/mol.